The minimum absolute atomic E-state index is 0.0857. The van der Waals surface area contributed by atoms with E-state index in [0.717, 1.165) is 32.7 Å². The quantitative estimate of drug-likeness (QED) is 0.293. The molecule has 0 bridgehead atoms. The van der Waals surface area contributed by atoms with Crippen molar-refractivity contribution in [1.82, 2.24) is 24.4 Å². The van der Waals surface area contributed by atoms with Gasteiger partial charge in [-0.2, -0.15) is 0 Å². The average molecular weight is 496 g/mol. The standard InChI is InChI=1S/C25H26ClN5O2S/c1-4-30(5-2)24(32)15-34-23-13-28-12-20(26)19(23)14-33-22-8-6-7-18-21(31-10-9-27-16-31)11-17(3)29-25(18)22/h6-13,16H,4-5,14-15H2,1-3H3. The number of fused-ring (bicyclic) bond motifs is 1. The number of ether oxygens (including phenoxy) is 1. The fraction of sp³-hybridized carbons (Fsp3) is 0.280. The largest absolute Gasteiger partial charge is 0.487 e. The van der Waals surface area contributed by atoms with Crippen molar-refractivity contribution in [1.29, 1.82) is 0 Å². The highest BCUT2D eigenvalue weighted by atomic mass is 35.5. The maximum Gasteiger partial charge on any atom is 0.232 e. The van der Waals surface area contributed by atoms with Gasteiger partial charge in [0.1, 0.15) is 17.9 Å². The van der Waals surface area contributed by atoms with Crippen molar-refractivity contribution < 1.29 is 9.53 Å². The van der Waals surface area contributed by atoms with Crippen LogP contribution in [0.25, 0.3) is 16.6 Å². The summed E-state index contributed by atoms with van der Waals surface area (Å²) in [5.41, 5.74) is 3.43. The number of rotatable bonds is 9. The third kappa shape index (κ3) is 5.18. The van der Waals surface area contributed by atoms with Crippen LogP contribution in [0.5, 0.6) is 5.75 Å². The molecule has 3 heterocycles. The Kier molecular flexibility index (Phi) is 7.70. The summed E-state index contributed by atoms with van der Waals surface area (Å²) in [5, 5.41) is 1.46. The molecule has 0 radical (unpaired) electrons. The Morgan fingerprint density at radius 1 is 1.21 bits per heavy atom. The second-order valence-corrected chi connectivity index (χ2v) is 9.07. The van der Waals surface area contributed by atoms with Crippen LogP contribution < -0.4 is 4.74 Å². The number of thioether (sulfide) groups is 1. The van der Waals surface area contributed by atoms with E-state index in [1.807, 2.05) is 60.7 Å². The molecule has 0 aliphatic heterocycles. The van der Waals surface area contributed by atoms with Gasteiger partial charge in [0.15, 0.2) is 0 Å². The summed E-state index contributed by atoms with van der Waals surface area (Å²) < 4.78 is 8.20. The first kappa shape index (κ1) is 24.0. The van der Waals surface area contributed by atoms with Crippen LogP contribution in [-0.4, -0.2) is 49.2 Å². The second-order valence-electron chi connectivity index (χ2n) is 7.65. The zero-order valence-corrected chi connectivity index (χ0v) is 20.9. The molecule has 0 atom stereocenters. The smallest absolute Gasteiger partial charge is 0.232 e. The zero-order valence-electron chi connectivity index (χ0n) is 19.4. The number of para-hydroxylation sites is 1. The van der Waals surface area contributed by atoms with Crippen LogP contribution >= 0.6 is 23.4 Å². The first-order valence-corrected chi connectivity index (χ1v) is 12.4. The van der Waals surface area contributed by atoms with Crippen LogP contribution in [0.3, 0.4) is 0 Å². The Morgan fingerprint density at radius 2 is 2.03 bits per heavy atom. The summed E-state index contributed by atoms with van der Waals surface area (Å²) in [4.78, 5) is 28.2. The van der Waals surface area contributed by atoms with Crippen LogP contribution in [0.2, 0.25) is 5.02 Å². The van der Waals surface area contributed by atoms with Crippen LogP contribution in [0.15, 0.2) is 60.3 Å². The first-order chi connectivity index (χ1) is 16.5. The SMILES string of the molecule is CCN(CC)C(=O)CSc1cncc(Cl)c1COc1cccc2c(-n3ccnc3)cc(C)nc12. The highest BCUT2D eigenvalue weighted by Crippen LogP contribution is 2.32. The predicted octanol–water partition coefficient (Wildman–Crippen LogP) is 5.32. The van der Waals surface area contributed by atoms with Gasteiger partial charge in [-0.1, -0.05) is 23.7 Å². The monoisotopic (exact) mass is 495 g/mol. The van der Waals surface area contributed by atoms with Gasteiger partial charge in [0.05, 0.1) is 22.8 Å². The molecular formula is C25H26ClN5O2S. The molecular weight excluding hydrogens is 470 g/mol. The van der Waals surface area contributed by atoms with E-state index in [1.54, 1.807) is 24.9 Å². The summed E-state index contributed by atoms with van der Waals surface area (Å²) in [7, 11) is 0. The molecule has 0 saturated carbocycles. The van der Waals surface area contributed by atoms with Gasteiger partial charge >= 0.3 is 0 Å². The number of carbonyl (C=O) groups is 1. The summed E-state index contributed by atoms with van der Waals surface area (Å²) in [6.45, 7) is 7.52. The molecule has 4 aromatic rings. The van der Waals surface area contributed by atoms with Gasteiger partial charge in [-0.05, 0) is 32.9 Å². The number of pyridine rings is 2. The van der Waals surface area contributed by atoms with E-state index in [-0.39, 0.29) is 12.5 Å². The zero-order chi connectivity index (χ0) is 24.1. The fourth-order valence-electron chi connectivity index (χ4n) is 3.73. The normalized spacial score (nSPS) is 11.1. The van der Waals surface area contributed by atoms with E-state index in [9.17, 15) is 4.79 Å². The number of carbonyl (C=O) groups excluding carboxylic acids is 1. The molecule has 7 nitrogen and oxygen atoms in total. The van der Waals surface area contributed by atoms with Crippen LogP contribution in [0.4, 0.5) is 0 Å². The molecule has 0 fully saturated rings. The van der Waals surface area contributed by atoms with Crippen LogP contribution in [0.1, 0.15) is 25.1 Å². The molecule has 0 aliphatic rings. The third-order valence-electron chi connectivity index (χ3n) is 5.50. The number of halogens is 1. The fourth-order valence-corrected chi connectivity index (χ4v) is 4.93. The summed E-state index contributed by atoms with van der Waals surface area (Å²) in [6, 6.07) is 7.89. The Morgan fingerprint density at radius 3 is 2.76 bits per heavy atom. The van der Waals surface area contributed by atoms with E-state index < -0.39 is 0 Å². The minimum atomic E-state index is 0.0857. The van der Waals surface area contributed by atoms with E-state index in [0.29, 0.717) is 29.6 Å². The molecule has 176 valence electrons. The van der Waals surface area contributed by atoms with Gasteiger partial charge < -0.3 is 14.2 Å². The Balaban J connectivity index is 1.60. The summed E-state index contributed by atoms with van der Waals surface area (Å²) in [5.74, 6) is 1.06. The first-order valence-electron chi connectivity index (χ1n) is 11.1. The Labute approximate surface area is 208 Å². The summed E-state index contributed by atoms with van der Waals surface area (Å²) >= 11 is 7.91. The van der Waals surface area contributed by atoms with Gasteiger partial charge in [-0.15, -0.1) is 11.8 Å². The van der Waals surface area contributed by atoms with E-state index >= 15 is 0 Å². The maximum absolute atomic E-state index is 12.5. The highest BCUT2D eigenvalue weighted by molar-refractivity contribution is 8.00. The Hall–Kier alpha value is -3.10. The molecule has 0 unspecified atom stereocenters. The molecule has 1 amide bonds. The lowest BCUT2D eigenvalue weighted by molar-refractivity contribution is -0.127. The van der Waals surface area contributed by atoms with E-state index in [1.165, 1.54) is 11.8 Å². The van der Waals surface area contributed by atoms with Gasteiger partial charge in [0, 0.05) is 59.4 Å². The molecule has 0 saturated heterocycles. The second kappa shape index (κ2) is 10.9. The molecule has 9 heteroatoms. The lowest BCUT2D eigenvalue weighted by Gasteiger charge is -2.19. The molecule has 0 aliphatic carbocycles. The third-order valence-corrected chi connectivity index (χ3v) is 6.88. The number of imidazole rings is 1. The molecule has 34 heavy (non-hydrogen) atoms. The number of benzene rings is 1. The van der Waals surface area contributed by atoms with Crippen LogP contribution in [0, 0.1) is 6.92 Å². The lowest BCUT2D eigenvalue weighted by Crippen LogP contribution is -2.31. The van der Waals surface area contributed by atoms with Crippen molar-refractivity contribution in [2.45, 2.75) is 32.3 Å². The number of hydrogen-bond acceptors (Lipinski definition) is 6. The van der Waals surface area contributed by atoms with Crippen molar-refractivity contribution in [2.24, 2.45) is 0 Å². The van der Waals surface area contributed by atoms with Crippen molar-refractivity contribution in [3.05, 3.63) is 71.7 Å². The van der Waals surface area contributed by atoms with Gasteiger partial charge in [0.25, 0.3) is 0 Å². The molecule has 1 aromatic carbocycles. The average Bonchev–Trinajstić information content (AvgIpc) is 3.37. The highest BCUT2D eigenvalue weighted by Gasteiger charge is 2.16. The minimum Gasteiger partial charge on any atom is -0.487 e. The van der Waals surface area contributed by atoms with Crippen LogP contribution in [-0.2, 0) is 11.4 Å². The lowest BCUT2D eigenvalue weighted by atomic mass is 10.1. The molecule has 0 N–H and O–H groups in total. The van der Waals surface area contributed by atoms with Crippen molar-refractivity contribution in [3.63, 3.8) is 0 Å². The Bertz CT molecular complexity index is 1290. The molecule has 4 rings (SSSR count). The number of nitrogens with zero attached hydrogens (tertiary/aromatic N) is 5. The summed E-state index contributed by atoms with van der Waals surface area (Å²) in [6.07, 6.45) is 8.74. The van der Waals surface area contributed by atoms with E-state index in [2.05, 4.69) is 9.97 Å². The number of amides is 1. The number of hydrogen-bond donors (Lipinski definition) is 0. The molecule has 0 spiro atoms. The maximum atomic E-state index is 12.5. The van der Waals surface area contributed by atoms with Gasteiger partial charge in [0.2, 0.25) is 5.91 Å². The van der Waals surface area contributed by atoms with Crippen molar-refractivity contribution in [3.8, 4) is 11.4 Å². The van der Waals surface area contributed by atoms with Gasteiger partial charge in [-0.25, -0.2) is 9.97 Å². The topological polar surface area (TPSA) is 73.1 Å². The number of aryl methyl sites for hydroxylation is 1. The van der Waals surface area contributed by atoms with Crippen molar-refractivity contribution in [2.75, 3.05) is 18.8 Å². The number of aromatic nitrogens is 4. The van der Waals surface area contributed by atoms with Gasteiger partial charge in [-0.3, -0.25) is 9.78 Å². The van der Waals surface area contributed by atoms with E-state index in [4.69, 9.17) is 21.3 Å². The predicted molar refractivity (Wildman–Crippen MR) is 136 cm³/mol. The molecule has 3 aromatic heterocycles. The van der Waals surface area contributed by atoms with Crippen molar-refractivity contribution >= 4 is 40.2 Å².